The smallest absolute Gasteiger partial charge is 0.409 e. The molecule has 0 saturated carbocycles. The minimum atomic E-state index is -3.72. The van der Waals surface area contributed by atoms with Crippen LogP contribution in [0.1, 0.15) is 139 Å². The van der Waals surface area contributed by atoms with Gasteiger partial charge in [0, 0.05) is 6.61 Å². The maximum Gasteiger partial charge on any atom is 0.475 e. The number of phosphoric acid groups is 1. The fourth-order valence-corrected chi connectivity index (χ4v) is 7.88. The number of unbranched alkanes of at least 4 members (excludes halogenated alkanes) is 10. The van der Waals surface area contributed by atoms with Crippen LogP contribution in [0.15, 0.2) is 0 Å². The first-order valence-electron chi connectivity index (χ1n) is 16.6. The monoisotopic (exact) mass is 640 g/mol. The summed E-state index contributed by atoms with van der Waals surface area (Å²) in [7, 11) is -5.80. The summed E-state index contributed by atoms with van der Waals surface area (Å²) in [5, 5.41) is 0.0440. The van der Waals surface area contributed by atoms with E-state index in [1.165, 1.54) is 82.1 Å². The van der Waals surface area contributed by atoms with Crippen LogP contribution in [0.3, 0.4) is 0 Å². The molecule has 0 amide bonds. The zero-order valence-corrected chi connectivity index (χ0v) is 31.5. The van der Waals surface area contributed by atoms with Gasteiger partial charge in [0.15, 0.2) is 8.32 Å². The minimum absolute atomic E-state index is 0.0440. The Morgan fingerprint density at radius 3 is 1.73 bits per heavy atom. The second kappa shape index (κ2) is 23.0. The lowest BCUT2D eigenvalue weighted by atomic mass is 10.1. The summed E-state index contributed by atoms with van der Waals surface area (Å²) in [5.74, 6) is 2.65. The summed E-state index contributed by atoms with van der Waals surface area (Å²) in [6.45, 7) is 22.4. The van der Waals surface area contributed by atoms with Gasteiger partial charge in [-0.2, -0.15) is 11.8 Å². The number of hydrogen-bond donors (Lipinski definition) is 0. The Morgan fingerprint density at radius 2 is 1.22 bits per heavy atom. The van der Waals surface area contributed by atoms with E-state index in [4.69, 9.17) is 22.7 Å². The molecule has 6 nitrogen and oxygen atoms in total. The quantitative estimate of drug-likeness (QED) is 0.0503. The van der Waals surface area contributed by atoms with Gasteiger partial charge in [0.1, 0.15) is 0 Å². The van der Waals surface area contributed by atoms with Gasteiger partial charge in [0.25, 0.3) is 0 Å². The highest BCUT2D eigenvalue weighted by atomic mass is 32.2. The van der Waals surface area contributed by atoms with Crippen molar-refractivity contribution in [3.63, 3.8) is 0 Å². The first kappa shape index (κ1) is 41.6. The van der Waals surface area contributed by atoms with Crippen LogP contribution in [0.4, 0.5) is 0 Å². The van der Waals surface area contributed by atoms with E-state index in [0.29, 0.717) is 19.8 Å². The van der Waals surface area contributed by atoms with Gasteiger partial charge in [-0.3, -0.25) is 13.6 Å². The molecule has 41 heavy (non-hydrogen) atoms. The van der Waals surface area contributed by atoms with Crippen LogP contribution in [0.5, 0.6) is 0 Å². The van der Waals surface area contributed by atoms with E-state index >= 15 is 0 Å². The molecule has 0 fully saturated rings. The third kappa shape index (κ3) is 23.6. The fourth-order valence-electron chi connectivity index (χ4n) is 3.93. The first-order chi connectivity index (χ1) is 19.2. The number of hydrogen-bond acceptors (Lipinski definition) is 7. The third-order valence-corrected chi connectivity index (χ3v) is 14.7. The van der Waals surface area contributed by atoms with Gasteiger partial charge in [-0.15, -0.1) is 0 Å². The van der Waals surface area contributed by atoms with Crippen molar-refractivity contribution < 1.29 is 27.3 Å². The lowest BCUT2D eigenvalue weighted by Crippen LogP contribution is -2.46. The molecule has 248 valence electrons. The molecule has 0 aliphatic rings. The third-order valence-electron chi connectivity index (χ3n) is 7.30. The molecule has 0 saturated heterocycles. The molecule has 0 N–H and O–H groups in total. The maximum absolute atomic E-state index is 13.3. The Hall–Kier alpha value is 0.597. The molecular formula is C32H69O6PSSi. The average molecular weight is 641 g/mol. The van der Waals surface area contributed by atoms with Crippen LogP contribution in [-0.2, 0) is 27.3 Å². The van der Waals surface area contributed by atoms with Gasteiger partial charge >= 0.3 is 7.82 Å². The summed E-state index contributed by atoms with van der Waals surface area (Å²) in [6, 6.07) is 0. The summed E-state index contributed by atoms with van der Waals surface area (Å²) < 4.78 is 43.2. The van der Waals surface area contributed by atoms with Crippen molar-refractivity contribution in [2.75, 3.05) is 37.9 Å². The van der Waals surface area contributed by atoms with Crippen molar-refractivity contribution in [1.82, 2.24) is 0 Å². The molecule has 9 heteroatoms. The molecule has 2 atom stereocenters. The molecule has 0 bridgehead atoms. The second-order valence-corrected chi connectivity index (χ2v) is 21.4. The predicted octanol–water partition coefficient (Wildman–Crippen LogP) is 11.2. The molecule has 0 rings (SSSR count). The van der Waals surface area contributed by atoms with Gasteiger partial charge in [0.2, 0.25) is 0 Å². The lowest BCUT2D eigenvalue weighted by Gasteiger charge is -2.39. The molecule has 0 aliphatic heterocycles. The van der Waals surface area contributed by atoms with Crippen LogP contribution in [0.2, 0.25) is 18.1 Å². The number of thioether (sulfide) groups is 1. The Labute approximate surface area is 261 Å². The van der Waals surface area contributed by atoms with E-state index < -0.39 is 21.7 Å². The molecule has 0 aromatic carbocycles. The molecular weight excluding hydrogens is 571 g/mol. The van der Waals surface area contributed by atoms with Crippen LogP contribution in [-0.4, -0.2) is 58.0 Å². The average Bonchev–Trinajstić information content (AvgIpc) is 2.86. The Kier molecular flexibility index (Phi) is 23.3. The molecule has 0 aromatic heterocycles. The summed E-state index contributed by atoms with van der Waals surface area (Å²) in [6.07, 6.45) is 16.2. The molecule has 0 aromatic rings. The standard InChI is InChI=1S/C32H69O6PSSi/c1-11-13-14-15-19-22-26-40-27-23-20-17-16-18-21-25-34-28-30(37-41(9,10)32(6,7)8)29-36-39(33,35-24-12-2)38-31(3,4)5/h30H,11-29H2,1-10H3/t30-,39?/m0/s1. The minimum Gasteiger partial charge on any atom is -0.409 e. The largest absolute Gasteiger partial charge is 0.475 e. The fraction of sp³-hybridized carbons (Fsp3) is 1.00. The van der Waals surface area contributed by atoms with E-state index in [9.17, 15) is 4.57 Å². The van der Waals surface area contributed by atoms with Crippen molar-refractivity contribution in [1.29, 1.82) is 0 Å². The zero-order valence-electron chi connectivity index (χ0n) is 28.8. The number of phosphoric ester groups is 1. The summed E-state index contributed by atoms with van der Waals surface area (Å²) in [5.41, 5.74) is -0.651. The highest BCUT2D eigenvalue weighted by Gasteiger charge is 2.40. The van der Waals surface area contributed by atoms with E-state index in [1.807, 2.05) is 27.7 Å². The van der Waals surface area contributed by atoms with E-state index in [0.717, 1.165) is 12.8 Å². The SMILES string of the molecule is CCCCCCCCSCCCCCCCCOC[C@@H](COP(=O)(OCCC)OC(C)(C)C)O[Si](C)(C)C(C)(C)C. The van der Waals surface area contributed by atoms with E-state index in [-0.39, 0.29) is 17.7 Å². The van der Waals surface area contributed by atoms with Crippen LogP contribution in [0, 0.1) is 0 Å². The highest BCUT2D eigenvalue weighted by molar-refractivity contribution is 7.99. The molecule has 0 heterocycles. The molecule has 1 unspecified atom stereocenters. The highest BCUT2D eigenvalue weighted by Crippen LogP contribution is 2.53. The second-order valence-electron chi connectivity index (χ2n) is 13.9. The lowest BCUT2D eigenvalue weighted by molar-refractivity contribution is -0.00736. The van der Waals surface area contributed by atoms with Crippen molar-refractivity contribution >= 4 is 27.9 Å². The first-order valence-corrected chi connectivity index (χ1v) is 22.1. The molecule has 0 spiro atoms. The molecule has 0 aliphatic carbocycles. The van der Waals surface area contributed by atoms with Crippen LogP contribution in [0.25, 0.3) is 0 Å². The van der Waals surface area contributed by atoms with Gasteiger partial charge in [-0.1, -0.05) is 92.4 Å². The summed E-state index contributed by atoms with van der Waals surface area (Å²) in [4.78, 5) is 0. The van der Waals surface area contributed by atoms with Crippen molar-refractivity contribution in [2.24, 2.45) is 0 Å². The zero-order chi connectivity index (χ0) is 31.3. The van der Waals surface area contributed by atoms with Crippen LogP contribution < -0.4 is 0 Å². The topological polar surface area (TPSA) is 63.2 Å². The normalized spacial score (nSPS) is 15.3. The maximum atomic E-state index is 13.3. The summed E-state index contributed by atoms with van der Waals surface area (Å²) >= 11 is 2.14. The van der Waals surface area contributed by atoms with Gasteiger partial charge in [-0.05, 0) is 76.1 Å². The Balaban J connectivity index is 4.39. The van der Waals surface area contributed by atoms with E-state index in [1.54, 1.807) is 0 Å². The van der Waals surface area contributed by atoms with Gasteiger partial charge < -0.3 is 9.16 Å². The number of ether oxygens (including phenoxy) is 1. The Morgan fingerprint density at radius 1 is 0.683 bits per heavy atom. The van der Waals surface area contributed by atoms with Crippen LogP contribution >= 0.6 is 19.6 Å². The number of rotatable bonds is 27. The Bertz CT molecular complexity index is 666. The van der Waals surface area contributed by atoms with Gasteiger partial charge in [0.05, 0.1) is 31.5 Å². The molecule has 0 radical (unpaired) electrons. The van der Waals surface area contributed by atoms with Crippen molar-refractivity contribution in [3.8, 4) is 0 Å². The van der Waals surface area contributed by atoms with Crippen molar-refractivity contribution in [2.45, 2.75) is 169 Å². The predicted molar refractivity (Wildman–Crippen MR) is 182 cm³/mol. The van der Waals surface area contributed by atoms with E-state index in [2.05, 4.69) is 52.6 Å². The van der Waals surface area contributed by atoms with Gasteiger partial charge in [-0.25, -0.2) is 4.57 Å². The van der Waals surface area contributed by atoms with Crippen molar-refractivity contribution in [3.05, 3.63) is 0 Å².